The Morgan fingerprint density at radius 1 is 1.38 bits per heavy atom. The van der Waals surface area contributed by atoms with Gasteiger partial charge < -0.3 is 4.98 Å². The molecule has 0 spiro atoms. The first kappa shape index (κ1) is 9.85. The van der Waals surface area contributed by atoms with Gasteiger partial charge in [-0.3, -0.25) is 0 Å². The number of aromatic amines is 1. The molecule has 0 saturated heterocycles. The predicted octanol–water partition coefficient (Wildman–Crippen LogP) is 3.75. The largest absolute Gasteiger partial charge is 0.342 e. The van der Waals surface area contributed by atoms with Crippen molar-refractivity contribution < 1.29 is 4.39 Å². The molecule has 0 bridgehead atoms. The first-order chi connectivity index (χ1) is 7.74. The van der Waals surface area contributed by atoms with Crippen LogP contribution in [0.3, 0.4) is 0 Å². The normalized spacial score (nSPS) is 15.4. The molecular formula is C12H10ClFN2. The Bertz CT molecular complexity index is 532. The summed E-state index contributed by atoms with van der Waals surface area (Å²) < 4.78 is 13.6. The van der Waals surface area contributed by atoms with Gasteiger partial charge in [-0.05, 0) is 31.0 Å². The molecule has 1 heterocycles. The number of halogens is 2. The Morgan fingerprint density at radius 2 is 2.19 bits per heavy atom. The molecular weight excluding hydrogens is 227 g/mol. The third kappa shape index (κ3) is 1.71. The van der Waals surface area contributed by atoms with Crippen LogP contribution in [0.4, 0.5) is 4.39 Å². The highest BCUT2D eigenvalue weighted by molar-refractivity contribution is 6.30. The Hall–Kier alpha value is -1.35. The van der Waals surface area contributed by atoms with Crippen LogP contribution in [0.25, 0.3) is 11.4 Å². The molecule has 2 aromatic rings. The summed E-state index contributed by atoms with van der Waals surface area (Å²) >= 11 is 5.84. The number of hydrogen-bond donors (Lipinski definition) is 1. The molecule has 4 heteroatoms. The lowest BCUT2D eigenvalue weighted by Crippen LogP contribution is -1.87. The molecule has 1 aliphatic rings. The molecule has 0 aliphatic heterocycles. The van der Waals surface area contributed by atoms with Crippen molar-refractivity contribution in [2.45, 2.75) is 18.8 Å². The molecule has 0 atom stereocenters. The summed E-state index contributed by atoms with van der Waals surface area (Å²) in [5.41, 5.74) is 1.52. The van der Waals surface area contributed by atoms with Crippen LogP contribution in [0.5, 0.6) is 0 Å². The molecule has 1 saturated carbocycles. The highest BCUT2D eigenvalue weighted by Crippen LogP contribution is 2.39. The molecule has 3 rings (SSSR count). The third-order valence-corrected chi connectivity index (χ3v) is 3.03. The number of aromatic nitrogens is 2. The number of imidazole rings is 1. The van der Waals surface area contributed by atoms with E-state index < -0.39 is 0 Å². The van der Waals surface area contributed by atoms with Gasteiger partial charge in [-0.25, -0.2) is 9.37 Å². The summed E-state index contributed by atoms with van der Waals surface area (Å²) in [6.45, 7) is 0. The van der Waals surface area contributed by atoms with Crippen molar-refractivity contribution in [2.24, 2.45) is 0 Å². The fourth-order valence-electron chi connectivity index (χ4n) is 1.75. The van der Waals surface area contributed by atoms with Gasteiger partial charge >= 0.3 is 0 Å². The number of hydrogen-bond acceptors (Lipinski definition) is 1. The van der Waals surface area contributed by atoms with Gasteiger partial charge in [0.05, 0.1) is 5.56 Å². The van der Waals surface area contributed by atoms with Crippen molar-refractivity contribution in [3.63, 3.8) is 0 Å². The van der Waals surface area contributed by atoms with E-state index >= 15 is 0 Å². The second kappa shape index (κ2) is 3.59. The number of H-pyrrole nitrogens is 1. The Balaban J connectivity index is 2.03. The first-order valence-electron chi connectivity index (χ1n) is 5.24. The van der Waals surface area contributed by atoms with Gasteiger partial charge in [0.2, 0.25) is 0 Å². The molecule has 1 N–H and O–H groups in total. The number of nitrogens with one attached hydrogen (secondary N) is 1. The van der Waals surface area contributed by atoms with Crippen molar-refractivity contribution in [3.05, 3.63) is 40.9 Å². The zero-order valence-corrected chi connectivity index (χ0v) is 9.26. The predicted molar refractivity (Wildman–Crippen MR) is 61.0 cm³/mol. The Kier molecular flexibility index (Phi) is 2.21. The molecule has 0 amide bonds. The summed E-state index contributed by atoms with van der Waals surface area (Å²) in [6.07, 6.45) is 4.17. The SMILES string of the molecule is Fc1ccc(Cl)cc1-c1ncc(C2CC2)[nH]1. The standard InChI is InChI=1S/C12H10ClFN2/c13-8-3-4-10(14)9(5-8)12-15-6-11(16-12)7-1-2-7/h3-7H,1-2H2,(H,15,16). The minimum atomic E-state index is -0.305. The smallest absolute Gasteiger partial charge is 0.140 e. The topological polar surface area (TPSA) is 28.7 Å². The average molecular weight is 237 g/mol. The molecule has 16 heavy (non-hydrogen) atoms. The van der Waals surface area contributed by atoms with Crippen LogP contribution >= 0.6 is 11.6 Å². The van der Waals surface area contributed by atoms with E-state index in [9.17, 15) is 4.39 Å². The molecule has 1 aromatic carbocycles. The van der Waals surface area contributed by atoms with Crippen LogP contribution in [-0.2, 0) is 0 Å². The van der Waals surface area contributed by atoms with Crippen LogP contribution in [0.15, 0.2) is 24.4 Å². The third-order valence-electron chi connectivity index (χ3n) is 2.80. The average Bonchev–Trinajstić information content (AvgIpc) is 3.01. The minimum Gasteiger partial charge on any atom is -0.342 e. The maximum absolute atomic E-state index is 13.6. The minimum absolute atomic E-state index is 0.305. The van der Waals surface area contributed by atoms with Crippen LogP contribution in [0, 0.1) is 5.82 Å². The van der Waals surface area contributed by atoms with E-state index in [2.05, 4.69) is 9.97 Å². The molecule has 2 nitrogen and oxygen atoms in total. The van der Waals surface area contributed by atoms with E-state index in [0.717, 1.165) is 5.69 Å². The lowest BCUT2D eigenvalue weighted by molar-refractivity contribution is 0.630. The van der Waals surface area contributed by atoms with Crippen LogP contribution < -0.4 is 0 Å². The Labute approximate surface area is 97.5 Å². The maximum Gasteiger partial charge on any atom is 0.140 e. The summed E-state index contributed by atoms with van der Waals surface area (Å²) in [5, 5.41) is 0.515. The molecule has 1 aliphatic carbocycles. The second-order valence-corrected chi connectivity index (χ2v) is 4.52. The zero-order valence-electron chi connectivity index (χ0n) is 8.50. The van der Waals surface area contributed by atoms with Crippen molar-refractivity contribution in [2.75, 3.05) is 0 Å². The van der Waals surface area contributed by atoms with E-state index in [0.29, 0.717) is 22.3 Å². The fourth-order valence-corrected chi connectivity index (χ4v) is 1.93. The van der Waals surface area contributed by atoms with E-state index in [-0.39, 0.29) is 5.82 Å². The van der Waals surface area contributed by atoms with Crippen LogP contribution in [0.2, 0.25) is 5.02 Å². The molecule has 0 radical (unpaired) electrons. The molecule has 1 fully saturated rings. The van der Waals surface area contributed by atoms with Crippen molar-refractivity contribution in [3.8, 4) is 11.4 Å². The van der Waals surface area contributed by atoms with Gasteiger partial charge in [-0.1, -0.05) is 11.6 Å². The Morgan fingerprint density at radius 3 is 2.94 bits per heavy atom. The van der Waals surface area contributed by atoms with Gasteiger partial charge in [0.25, 0.3) is 0 Å². The fraction of sp³-hybridized carbons (Fsp3) is 0.250. The van der Waals surface area contributed by atoms with Crippen molar-refractivity contribution in [1.82, 2.24) is 9.97 Å². The summed E-state index contributed by atoms with van der Waals surface area (Å²) in [6, 6.07) is 4.48. The van der Waals surface area contributed by atoms with Gasteiger partial charge in [0, 0.05) is 22.8 Å². The number of rotatable bonds is 2. The summed E-state index contributed by atoms with van der Waals surface area (Å²) in [5.74, 6) is 0.839. The maximum atomic E-state index is 13.6. The number of benzene rings is 1. The van der Waals surface area contributed by atoms with Gasteiger partial charge in [-0.15, -0.1) is 0 Å². The molecule has 82 valence electrons. The summed E-state index contributed by atoms with van der Waals surface area (Å²) in [7, 11) is 0. The van der Waals surface area contributed by atoms with Crippen molar-refractivity contribution in [1.29, 1.82) is 0 Å². The van der Waals surface area contributed by atoms with E-state index in [1.165, 1.54) is 25.0 Å². The van der Waals surface area contributed by atoms with Gasteiger partial charge in [-0.2, -0.15) is 0 Å². The van der Waals surface area contributed by atoms with E-state index in [1.807, 2.05) is 0 Å². The van der Waals surface area contributed by atoms with E-state index in [1.54, 1.807) is 12.3 Å². The van der Waals surface area contributed by atoms with Gasteiger partial charge in [0.15, 0.2) is 0 Å². The van der Waals surface area contributed by atoms with Crippen LogP contribution in [0.1, 0.15) is 24.5 Å². The van der Waals surface area contributed by atoms with E-state index in [4.69, 9.17) is 11.6 Å². The monoisotopic (exact) mass is 236 g/mol. The summed E-state index contributed by atoms with van der Waals surface area (Å²) in [4.78, 5) is 7.35. The van der Waals surface area contributed by atoms with Gasteiger partial charge in [0.1, 0.15) is 11.6 Å². The van der Waals surface area contributed by atoms with Crippen molar-refractivity contribution >= 4 is 11.6 Å². The lowest BCUT2D eigenvalue weighted by Gasteiger charge is -2.00. The highest BCUT2D eigenvalue weighted by Gasteiger charge is 2.25. The quantitative estimate of drug-likeness (QED) is 0.845. The first-order valence-corrected chi connectivity index (χ1v) is 5.62. The number of nitrogens with zero attached hydrogens (tertiary/aromatic N) is 1. The van der Waals surface area contributed by atoms with Crippen LogP contribution in [-0.4, -0.2) is 9.97 Å². The second-order valence-electron chi connectivity index (χ2n) is 4.09. The zero-order chi connectivity index (χ0) is 11.1. The molecule has 0 unspecified atom stereocenters. The highest BCUT2D eigenvalue weighted by atomic mass is 35.5. The molecule has 1 aromatic heterocycles. The lowest BCUT2D eigenvalue weighted by atomic mass is 10.2.